The molecular formula is C6H10O3S. The van der Waals surface area contributed by atoms with Crippen molar-refractivity contribution in [3.63, 3.8) is 0 Å². The summed E-state index contributed by atoms with van der Waals surface area (Å²) < 4.78 is 4.85. The Balaban J connectivity index is 2.17. The summed E-state index contributed by atoms with van der Waals surface area (Å²) in [4.78, 5) is 10.5. The largest absolute Gasteiger partial charge is 0.460 e. The summed E-state index contributed by atoms with van der Waals surface area (Å²) in [6, 6.07) is 0. The third kappa shape index (κ3) is 2.19. The van der Waals surface area contributed by atoms with Crippen molar-refractivity contribution in [1.29, 1.82) is 0 Å². The Morgan fingerprint density at radius 1 is 1.80 bits per heavy atom. The van der Waals surface area contributed by atoms with Gasteiger partial charge in [-0.2, -0.15) is 11.8 Å². The highest BCUT2D eigenvalue weighted by atomic mass is 32.2. The quantitative estimate of drug-likeness (QED) is 0.582. The number of ether oxygens (including phenoxy) is 1. The van der Waals surface area contributed by atoms with Crippen LogP contribution in [0.1, 0.15) is 6.42 Å². The summed E-state index contributed by atoms with van der Waals surface area (Å²) in [5.74, 6) is 1.43. The van der Waals surface area contributed by atoms with Crippen LogP contribution in [0.15, 0.2) is 0 Å². The Kier molecular flexibility index (Phi) is 3.02. The van der Waals surface area contributed by atoms with E-state index in [9.17, 15) is 4.79 Å². The van der Waals surface area contributed by atoms with Gasteiger partial charge in [-0.1, -0.05) is 0 Å². The lowest BCUT2D eigenvalue weighted by Gasteiger charge is -2.07. The number of aliphatic hydroxyl groups excluding tert-OH is 1. The first-order valence-electron chi connectivity index (χ1n) is 3.21. The Bertz CT molecular complexity index is 120. The molecule has 1 N–H and O–H groups in total. The Morgan fingerprint density at radius 2 is 2.60 bits per heavy atom. The predicted octanol–water partition coefficient (Wildman–Crippen LogP) is 0.0274. The van der Waals surface area contributed by atoms with Crippen molar-refractivity contribution in [2.45, 2.75) is 12.5 Å². The molecule has 0 aliphatic carbocycles. The van der Waals surface area contributed by atoms with Crippen LogP contribution in [0.2, 0.25) is 0 Å². The molecule has 1 fully saturated rings. The molecule has 0 amide bonds. The molecule has 1 rings (SSSR count). The fraction of sp³-hybridized carbons (Fsp3) is 0.833. The molecule has 0 bridgehead atoms. The van der Waals surface area contributed by atoms with Crippen molar-refractivity contribution in [2.75, 3.05) is 18.1 Å². The minimum Gasteiger partial charge on any atom is -0.460 e. The maximum Gasteiger partial charge on any atom is 0.332 e. The highest BCUT2D eigenvalue weighted by molar-refractivity contribution is 7.99. The molecule has 0 aromatic carbocycles. The molecule has 4 heteroatoms. The van der Waals surface area contributed by atoms with Crippen LogP contribution in [-0.2, 0) is 9.53 Å². The van der Waals surface area contributed by atoms with E-state index in [-0.39, 0.29) is 6.10 Å². The van der Waals surface area contributed by atoms with Gasteiger partial charge in [0.05, 0.1) is 0 Å². The third-order valence-corrected chi connectivity index (χ3v) is 2.45. The first-order chi connectivity index (χ1) is 4.83. The van der Waals surface area contributed by atoms with Crippen LogP contribution in [0.4, 0.5) is 0 Å². The number of carbonyl (C=O) groups excluding carboxylic acids is 1. The van der Waals surface area contributed by atoms with E-state index in [1.165, 1.54) is 0 Å². The number of rotatable bonds is 2. The van der Waals surface area contributed by atoms with Crippen LogP contribution >= 0.6 is 11.8 Å². The van der Waals surface area contributed by atoms with Gasteiger partial charge < -0.3 is 9.84 Å². The predicted molar refractivity (Wildman–Crippen MR) is 38.9 cm³/mol. The SMILES string of the molecule is O=C(CO)OC1CCSC1. The van der Waals surface area contributed by atoms with E-state index in [0.717, 1.165) is 17.9 Å². The zero-order chi connectivity index (χ0) is 7.40. The third-order valence-electron chi connectivity index (χ3n) is 1.32. The Morgan fingerprint density at radius 3 is 3.10 bits per heavy atom. The fourth-order valence-electron chi connectivity index (χ4n) is 0.829. The molecule has 10 heavy (non-hydrogen) atoms. The van der Waals surface area contributed by atoms with Gasteiger partial charge in [-0.05, 0) is 12.2 Å². The topological polar surface area (TPSA) is 46.5 Å². The molecule has 0 aromatic rings. The normalized spacial score (nSPS) is 24.7. The molecular weight excluding hydrogens is 152 g/mol. The van der Waals surface area contributed by atoms with E-state index in [4.69, 9.17) is 9.84 Å². The molecule has 1 aliphatic rings. The Hall–Kier alpha value is -0.220. The van der Waals surface area contributed by atoms with Gasteiger partial charge in [0.2, 0.25) is 0 Å². The van der Waals surface area contributed by atoms with Gasteiger partial charge in [-0.25, -0.2) is 4.79 Å². The van der Waals surface area contributed by atoms with Crippen molar-refractivity contribution in [3.8, 4) is 0 Å². The van der Waals surface area contributed by atoms with Crippen molar-refractivity contribution in [2.24, 2.45) is 0 Å². The highest BCUT2D eigenvalue weighted by Gasteiger charge is 2.18. The number of thioether (sulfide) groups is 1. The zero-order valence-electron chi connectivity index (χ0n) is 5.58. The van der Waals surface area contributed by atoms with Gasteiger partial charge in [0, 0.05) is 5.75 Å². The molecule has 0 spiro atoms. The highest BCUT2D eigenvalue weighted by Crippen LogP contribution is 2.19. The van der Waals surface area contributed by atoms with Crippen LogP contribution in [0.3, 0.4) is 0 Å². The molecule has 58 valence electrons. The second-order valence-electron chi connectivity index (χ2n) is 2.13. The zero-order valence-corrected chi connectivity index (χ0v) is 6.39. The molecule has 1 aliphatic heterocycles. The van der Waals surface area contributed by atoms with Crippen molar-refractivity contribution >= 4 is 17.7 Å². The maximum atomic E-state index is 10.5. The molecule has 1 saturated heterocycles. The first kappa shape index (κ1) is 7.88. The van der Waals surface area contributed by atoms with Crippen LogP contribution in [0.25, 0.3) is 0 Å². The average Bonchev–Trinajstić information content (AvgIpc) is 2.40. The molecule has 0 aromatic heterocycles. The van der Waals surface area contributed by atoms with Gasteiger partial charge in [0.1, 0.15) is 12.7 Å². The minimum absolute atomic E-state index is 0.0460. The van der Waals surface area contributed by atoms with Crippen LogP contribution < -0.4 is 0 Å². The second kappa shape index (κ2) is 3.83. The lowest BCUT2D eigenvalue weighted by atomic mass is 10.3. The first-order valence-corrected chi connectivity index (χ1v) is 4.36. The summed E-state index contributed by atoms with van der Waals surface area (Å²) in [6.07, 6.45) is 0.973. The van der Waals surface area contributed by atoms with Crippen LogP contribution in [0, 0.1) is 0 Å². The number of carbonyl (C=O) groups is 1. The van der Waals surface area contributed by atoms with Gasteiger partial charge in [0.15, 0.2) is 0 Å². The fourth-order valence-corrected chi connectivity index (χ4v) is 1.92. The van der Waals surface area contributed by atoms with Gasteiger partial charge >= 0.3 is 5.97 Å². The van der Waals surface area contributed by atoms with E-state index in [1.54, 1.807) is 11.8 Å². The van der Waals surface area contributed by atoms with E-state index >= 15 is 0 Å². The van der Waals surface area contributed by atoms with Gasteiger partial charge in [-0.15, -0.1) is 0 Å². The molecule has 0 saturated carbocycles. The molecule has 1 heterocycles. The van der Waals surface area contributed by atoms with Crippen molar-refractivity contribution < 1.29 is 14.6 Å². The minimum atomic E-state index is -0.507. The van der Waals surface area contributed by atoms with Crippen molar-refractivity contribution in [3.05, 3.63) is 0 Å². The van der Waals surface area contributed by atoms with Gasteiger partial charge in [0.25, 0.3) is 0 Å². The number of hydrogen-bond donors (Lipinski definition) is 1. The lowest BCUT2D eigenvalue weighted by molar-refractivity contribution is -0.151. The Labute approximate surface area is 63.8 Å². The summed E-state index contributed by atoms with van der Waals surface area (Å²) in [7, 11) is 0. The molecule has 1 unspecified atom stereocenters. The smallest absolute Gasteiger partial charge is 0.332 e. The number of esters is 1. The summed E-state index contributed by atoms with van der Waals surface area (Å²) >= 11 is 1.78. The summed E-state index contributed by atoms with van der Waals surface area (Å²) in [6.45, 7) is -0.499. The van der Waals surface area contributed by atoms with E-state index in [1.807, 2.05) is 0 Å². The van der Waals surface area contributed by atoms with E-state index in [2.05, 4.69) is 0 Å². The molecule has 1 atom stereocenters. The molecule has 0 radical (unpaired) electrons. The number of aliphatic hydroxyl groups is 1. The van der Waals surface area contributed by atoms with Crippen LogP contribution in [-0.4, -0.2) is 35.3 Å². The maximum absolute atomic E-state index is 10.5. The van der Waals surface area contributed by atoms with E-state index in [0.29, 0.717) is 0 Å². The van der Waals surface area contributed by atoms with Crippen molar-refractivity contribution in [1.82, 2.24) is 0 Å². The number of hydrogen-bond acceptors (Lipinski definition) is 4. The standard InChI is InChI=1S/C6H10O3S/c7-3-6(8)9-5-1-2-10-4-5/h5,7H,1-4H2. The average molecular weight is 162 g/mol. The van der Waals surface area contributed by atoms with Gasteiger partial charge in [-0.3, -0.25) is 0 Å². The monoisotopic (exact) mass is 162 g/mol. The lowest BCUT2D eigenvalue weighted by Crippen LogP contribution is -2.19. The molecule has 3 nitrogen and oxygen atoms in total. The second-order valence-corrected chi connectivity index (χ2v) is 3.28. The van der Waals surface area contributed by atoms with E-state index < -0.39 is 12.6 Å². The summed E-state index contributed by atoms with van der Waals surface area (Å²) in [5.41, 5.74) is 0. The van der Waals surface area contributed by atoms with Crippen LogP contribution in [0.5, 0.6) is 0 Å². The summed E-state index contributed by atoms with van der Waals surface area (Å²) in [5, 5.41) is 8.31.